The van der Waals surface area contributed by atoms with Gasteiger partial charge in [-0.3, -0.25) is 10.1 Å². The van der Waals surface area contributed by atoms with Gasteiger partial charge in [0.15, 0.2) is 6.19 Å². The van der Waals surface area contributed by atoms with E-state index in [2.05, 4.69) is 0 Å². The average Bonchev–Trinajstić information content (AvgIpc) is 1.85. The first-order chi connectivity index (χ1) is 4.66. The Morgan fingerprint density at radius 3 is 2.80 bits per heavy atom. The first kappa shape index (κ1) is 8.92. The number of carbonyl (C=O) groups is 1. The molecule has 0 fully saturated rings. The van der Waals surface area contributed by atoms with E-state index in [1.807, 2.05) is 19.2 Å². The Hall–Kier alpha value is -1.08. The number of ether oxygens (including phenoxy) is 1. The van der Waals surface area contributed by atoms with Crippen molar-refractivity contribution < 1.29 is 9.53 Å². The Morgan fingerprint density at radius 1 is 1.80 bits per heavy atom. The van der Waals surface area contributed by atoms with Gasteiger partial charge in [0.2, 0.25) is 0 Å². The van der Waals surface area contributed by atoms with Gasteiger partial charge in [0.25, 0.3) is 5.91 Å². The molecule has 1 amide bonds. The van der Waals surface area contributed by atoms with Crippen LogP contribution in [-0.4, -0.2) is 18.6 Å². The number of amides is 1. The molecular formula is C6H10N2O2. The molecule has 0 heterocycles. The normalized spacial score (nSPS) is 9.00. The molecule has 0 unspecified atom stereocenters. The predicted molar refractivity (Wildman–Crippen MR) is 34.8 cm³/mol. The summed E-state index contributed by atoms with van der Waals surface area (Å²) < 4.78 is 4.89. The fourth-order valence-corrected chi connectivity index (χ4v) is 0.341. The van der Waals surface area contributed by atoms with Gasteiger partial charge >= 0.3 is 0 Å². The third kappa shape index (κ3) is 5.06. The number of hydrogen-bond donors (Lipinski definition) is 1. The van der Waals surface area contributed by atoms with Gasteiger partial charge in [-0.15, -0.1) is 0 Å². The van der Waals surface area contributed by atoms with E-state index in [9.17, 15) is 4.79 Å². The van der Waals surface area contributed by atoms with Gasteiger partial charge in [-0.1, -0.05) is 0 Å². The molecule has 0 bridgehead atoms. The second kappa shape index (κ2) is 4.77. The molecular weight excluding hydrogens is 132 g/mol. The summed E-state index contributed by atoms with van der Waals surface area (Å²) in [6.45, 7) is 3.59. The van der Waals surface area contributed by atoms with E-state index in [-0.39, 0.29) is 12.7 Å². The molecule has 0 rings (SSSR count). The summed E-state index contributed by atoms with van der Waals surface area (Å²) in [4.78, 5) is 10.5. The standard InChI is InChI=1S/C6H10N2O2/c1-5(2)10-3-6(9)8-4-7/h5H,3H2,1-2H3,(H,8,9). The molecule has 0 aliphatic carbocycles. The highest BCUT2D eigenvalue weighted by molar-refractivity contribution is 5.78. The van der Waals surface area contributed by atoms with Crippen LogP contribution in [0.2, 0.25) is 0 Å². The minimum Gasteiger partial charge on any atom is -0.369 e. The topological polar surface area (TPSA) is 62.1 Å². The molecule has 0 aromatic carbocycles. The highest BCUT2D eigenvalue weighted by Crippen LogP contribution is 1.85. The zero-order valence-corrected chi connectivity index (χ0v) is 6.05. The molecule has 0 aliphatic rings. The van der Waals surface area contributed by atoms with Crippen LogP contribution in [0.25, 0.3) is 0 Å². The van der Waals surface area contributed by atoms with E-state index >= 15 is 0 Å². The van der Waals surface area contributed by atoms with Crippen LogP contribution in [0.15, 0.2) is 0 Å². The fraction of sp³-hybridized carbons (Fsp3) is 0.667. The van der Waals surface area contributed by atoms with Crippen LogP contribution in [0.3, 0.4) is 0 Å². The van der Waals surface area contributed by atoms with Crippen molar-refractivity contribution in [2.24, 2.45) is 0 Å². The minimum absolute atomic E-state index is 0.0180. The highest BCUT2D eigenvalue weighted by Gasteiger charge is 2.00. The van der Waals surface area contributed by atoms with E-state index in [1.165, 1.54) is 6.19 Å². The van der Waals surface area contributed by atoms with E-state index in [0.29, 0.717) is 0 Å². The van der Waals surface area contributed by atoms with Crippen LogP contribution in [-0.2, 0) is 9.53 Å². The molecule has 10 heavy (non-hydrogen) atoms. The Bertz CT molecular complexity index is 148. The molecule has 0 saturated carbocycles. The van der Waals surface area contributed by atoms with E-state index in [0.717, 1.165) is 0 Å². The van der Waals surface area contributed by atoms with Crippen molar-refractivity contribution in [1.29, 1.82) is 5.26 Å². The average molecular weight is 142 g/mol. The molecule has 56 valence electrons. The maximum Gasteiger partial charge on any atom is 0.258 e. The molecule has 0 spiro atoms. The van der Waals surface area contributed by atoms with E-state index in [4.69, 9.17) is 10.00 Å². The molecule has 0 radical (unpaired) electrons. The lowest BCUT2D eigenvalue weighted by molar-refractivity contribution is -0.125. The van der Waals surface area contributed by atoms with Gasteiger partial charge in [0.05, 0.1) is 6.10 Å². The zero-order valence-electron chi connectivity index (χ0n) is 6.05. The van der Waals surface area contributed by atoms with Crippen LogP contribution in [0.5, 0.6) is 0 Å². The lowest BCUT2D eigenvalue weighted by Gasteiger charge is -2.03. The largest absolute Gasteiger partial charge is 0.369 e. The number of hydrogen-bond acceptors (Lipinski definition) is 3. The summed E-state index contributed by atoms with van der Waals surface area (Å²) in [6, 6.07) is 0. The Labute approximate surface area is 59.8 Å². The van der Waals surface area contributed by atoms with Gasteiger partial charge in [-0.05, 0) is 13.8 Å². The van der Waals surface area contributed by atoms with E-state index in [1.54, 1.807) is 0 Å². The van der Waals surface area contributed by atoms with Crippen LogP contribution in [0, 0.1) is 11.5 Å². The molecule has 0 aliphatic heterocycles. The van der Waals surface area contributed by atoms with Gasteiger partial charge in [0, 0.05) is 0 Å². The monoisotopic (exact) mass is 142 g/mol. The third-order valence-corrected chi connectivity index (χ3v) is 0.743. The Morgan fingerprint density at radius 2 is 2.40 bits per heavy atom. The predicted octanol–water partition coefficient (Wildman–Crippen LogP) is 0.00868. The van der Waals surface area contributed by atoms with Crippen molar-refractivity contribution in [3.63, 3.8) is 0 Å². The van der Waals surface area contributed by atoms with Crippen molar-refractivity contribution in [3.8, 4) is 6.19 Å². The second-order valence-corrected chi connectivity index (χ2v) is 2.02. The summed E-state index contributed by atoms with van der Waals surface area (Å²) in [5.41, 5.74) is 0. The SMILES string of the molecule is CC(C)OCC(=O)NC#N. The quantitative estimate of drug-likeness (QED) is 0.446. The van der Waals surface area contributed by atoms with Crippen molar-refractivity contribution in [3.05, 3.63) is 0 Å². The summed E-state index contributed by atoms with van der Waals surface area (Å²) in [6.07, 6.45) is 1.53. The van der Waals surface area contributed by atoms with Crippen molar-refractivity contribution in [2.45, 2.75) is 20.0 Å². The maximum absolute atomic E-state index is 10.5. The molecule has 1 N–H and O–H groups in total. The number of nitrogens with one attached hydrogen (secondary N) is 1. The fourth-order valence-electron chi connectivity index (χ4n) is 0.341. The van der Waals surface area contributed by atoms with Crippen LogP contribution >= 0.6 is 0 Å². The maximum atomic E-state index is 10.5. The third-order valence-electron chi connectivity index (χ3n) is 0.743. The Balaban J connectivity index is 3.33. The first-order valence-corrected chi connectivity index (χ1v) is 2.96. The summed E-state index contributed by atoms with van der Waals surface area (Å²) in [7, 11) is 0. The molecule has 4 heteroatoms. The van der Waals surface area contributed by atoms with Crippen LogP contribution < -0.4 is 5.32 Å². The van der Waals surface area contributed by atoms with Crippen molar-refractivity contribution in [2.75, 3.05) is 6.61 Å². The molecule has 0 saturated heterocycles. The number of nitriles is 1. The number of nitrogens with zero attached hydrogens (tertiary/aromatic N) is 1. The number of carbonyl (C=O) groups excluding carboxylic acids is 1. The van der Waals surface area contributed by atoms with Crippen LogP contribution in [0.4, 0.5) is 0 Å². The lowest BCUT2D eigenvalue weighted by atomic mass is 10.5. The highest BCUT2D eigenvalue weighted by atomic mass is 16.5. The van der Waals surface area contributed by atoms with Gasteiger partial charge in [-0.25, -0.2) is 0 Å². The van der Waals surface area contributed by atoms with Gasteiger partial charge < -0.3 is 4.74 Å². The minimum atomic E-state index is -0.406. The van der Waals surface area contributed by atoms with Gasteiger partial charge in [0.1, 0.15) is 6.61 Å². The van der Waals surface area contributed by atoms with Crippen LogP contribution in [0.1, 0.15) is 13.8 Å². The van der Waals surface area contributed by atoms with Crippen molar-refractivity contribution >= 4 is 5.91 Å². The molecule has 0 atom stereocenters. The number of rotatable bonds is 3. The first-order valence-electron chi connectivity index (χ1n) is 2.96. The van der Waals surface area contributed by atoms with Gasteiger partial charge in [-0.2, -0.15) is 5.26 Å². The Kier molecular flexibility index (Phi) is 4.25. The molecule has 0 aromatic rings. The molecule has 4 nitrogen and oxygen atoms in total. The van der Waals surface area contributed by atoms with E-state index < -0.39 is 5.91 Å². The second-order valence-electron chi connectivity index (χ2n) is 2.02. The zero-order chi connectivity index (χ0) is 7.98. The summed E-state index contributed by atoms with van der Waals surface area (Å²) in [5, 5.41) is 9.91. The molecule has 0 aromatic heterocycles. The van der Waals surface area contributed by atoms with Crippen molar-refractivity contribution in [1.82, 2.24) is 5.32 Å². The summed E-state index contributed by atoms with van der Waals surface area (Å²) >= 11 is 0. The summed E-state index contributed by atoms with van der Waals surface area (Å²) in [5.74, 6) is -0.406. The smallest absolute Gasteiger partial charge is 0.258 e. The lowest BCUT2D eigenvalue weighted by Crippen LogP contribution is -2.24.